The molecule has 8 nitrogen and oxygen atoms in total. The summed E-state index contributed by atoms with van der Waals surface area (Å²) in [7, 11) is 0. The van der Waals surface area contributed by atoms with E-state index in [1.54, 1.807) is 0 Å². The molecule has 0 bridgehead atoms. The van der Waals surface area contributed by atoms with Crippen LogP contribution in [-0.4, -0.2) is 64.3 Å². The van der Waals surface area contributed by atoms with Gasteiger partial charge in [-0.2, -0.15) is 0 Å². The van der Waals surface area contributed by atoms with Gasteiger partial charge in [0.15, 0.2) is 6.23 Å². The molecule has 0 aromatic heterocycles. The second-order valence-corrected chi connectivity index (χ2v) is 4.19. The summed E-state index contributed by atoms with van der Waals surface area (Å²) in [6.07, 6.45) is -4.74. The molecule has 0 saturated carbocycles. The van der Waals surface area contributed by atoms with Gasteiger partial charge in [-0.05, 0) is 0 Å². The third-order valence-corrected chi connectivity index (χ3v) is 2.64. The fourth-order valence-electron chi connectivity index (χ4n) is 1.84. The summed E-state index contributed by atoms with van der Waals surface area (Å²) in [5, 5.41) is 33.3. The summed E-state index contributed by atoms with van der Waals surface area (Å²) >= 11 is 0. The number of amides is 2. The van der Waals surface area contributed by atoms with E-state index in [1.165, 1.54) is 13.8 Å². The molecule has 0 aromatic carbocycles. The minimum atomic E-state index is -1.35. The Bertz CT molecular complexity index is 323. The van der Waals surface area contributed by atoms with Gasteiger partial charge in [0.2, 0.25) is 11.8 Å². The van der Waals surface area contributed by atoms with Crippen molar-refractivity contribution in [1.82, 2.24) is 10.6 Å². The van der Waals surface area contributed by atoms with E-state index in [1.807, 2.05) is 0 Å². The van der Waals surface area contributed by atoms with Crippen LogP contribution in [0.15, 0.2) is 0 Å². The number of carbonyl (C=O) groups is 2. The summed E-state index contributed by atoms with van der Waals surface area (Å²) in [5.41, 5.74) is 0. The molecule has 104 valence electrons. The standard InChI is InChI=1S/C10H18N2O6/c1-4(14)11-7-9(17)8(16)6(3-13)18-10(7)12-5(2)15/h6-10,13,16-17H,3H2,1-2H3,(H,11,14)(H,12,15). The van der Waals surface area contributed by atoms with Crippen molar-refractivity contribution in [2.24, 2.45) is 0 Å². The van der Waals surface area contributed by atoms with Crippen LogP contribution in [0.3, 0.4) is 0 Å². The third kappa shape index (κ3) is 3.39. The molecule has 1 aliphatic rings. The molecule has 1 rings (SSSR count). The van der Waals surface area contributed by atoms with Crippen LogP contribution in [0.2, 0.25) is 0 Å². The number of hydrogen-bond donors (Lipinski definition) is 5. The van der Waals surface area contributed by atoms with Crippen LogP contribution in [0.25, 0.3) is 0 Å². The molecular formula is C10H18N2O6. The molecule has 1 fully saturated rings. The highest BCUT2D eigenvalue weighted by Crippen LogP contribution is 2.19. The van der Waals surface area contributed by atoms with Crippen LogP contribution < -0.4 is 10.6 Å². The van der Waals surface area contributed by atoms with Gasteiger partial charge >= 0.3 is 0 Å². The van der Waals surface area contributed by atoms with Crippen molar-refractivity contribution in [1.29, 1.82) is 0 Å². The summed E-state index contributed by atoms with van der Waals surface area (Å²) in [6.45, 7) is 1.97. The number of ether oxygens (including phenoxy) is 1. The Balaban J connectivity index is 2.86. The Hall–Kier alpha value is -1.22. The number of nitrogens with one attached hydrogen (secondary N) is 2. The first-order chi connectivity index (χ1) is 8.36. The van der Waals surface area contributed by atoms with E-state index >= 15 is 0 Å². The first kappa shape index (κ1) is 14.8. The SMILES string of the molecule is CC(=O)NC1OC(CO)C(O)C(O)C1NC(C)=O. The van der Waals surface area contributed by atoms with Crippen molar-refractivity contribution < 1.29 is 29.6 Å². The maximum Gasteiger partial charge on any atom is 0.218 e. The molecule has 8 heteroatoms. The highest BCUT2D eigenvalue weighted by molar-refractivity contribution is 5.74. The zero-order valence-electron chi connectivity index (χ0n) is 10.2. The van der Waals surface area contributed by atoms with E-state index < -0.39 is 49.0 Å². The second-order valence-electron chi connectivity index (χ2n) is 4.19. The largest absolute Gasteiger partial charge is 0.394 e. The average molecular weight is 262 g/mol. The number of carbonyl (C=O) groups excluding carboxylic acids is 2. The Morgan fingerprint density at radius 2 is 1.67 bits per heavy atom. The van der Waals surface area contributed by atoms with Crippen molar-refractivity contribution in [2.45, 2.75) is 44.4 Å². The van der Waals surface area contributed by atoms with Crippen molar-refractivity contribution in [2.75, 3.05) is 6.61 Å². The Morgan fingerprint density at radius 3 is 2.11 bits per heavy atom. The van der Waals surface area contributed by atoms with Gasteiger partial charge in [-0.1, -0.05) is 0 Å². The van der Waals surface area contributed by atoms with Gasteiger partial charge in [-0.3, -0.25) is 9.59 Å². The van der Waals surface area contributed by atoms with Crippen LogP contribution in [0.5, 0.6) is 0 Å². The van der Waals surface area contributed by atoms with Crippen molar-refractivity contribution in [3.8, 4) is 0 Å². The predicted octanol–water partition coefficient (Wildman–Crippen LogP) is -2.93. The highest BCUT2D eigenvalue weighted by atomic mass is 16.5. The minimum absolute atomic E-state index is 0.421. The summed E-state index contributed by atoms with van der Waals surface area (Å²) in [4.78, 5) is 22.0. The fraction of sp³-hybridized carbons (Fsp3) is 0.800. The molecule has 0 aliphatic carbocycles. The minimum Gasteiger partial charge on any atom is -0.394 e. The molecule has 0 spiro atoms. The van der Waals surface area contributed by atoms with Gasteiger partial charge in [0.25, 0.3) is 0 Å². The molecule has 1 saturated heterocycles. The van der Waals surface area contributed by atoms with Gasteiger partial charge in [-0.25, -0.2) is 0 Å². The quantitative estimate of drug-likeness (QED) is 0.370. The van der Waals surface area contributed by atoms with E-state index in [4.69, 9.17) is 9.84 Å². The normalized spacial score (nSPS) is 35.9. The molecular weight excluding hydrogens is 244 g/mol. The van der Waals surface area contributed by atoms with Crippen molar-refractivity contribution >= 4 is 11.8 Å². The van der Waals surface area contributed by atoms with Crippen molar-refractivity contribution in [3.63, 3.8) is 0 Å². The van der Waals surface area contributed by atoms with Gasteiger partial charge < -0.3 is 30.7 Å². The smallest absolute Gasteiger partial charge is 0.218 e. The first-order valence-electron chi connectivity index (χ1n) is 5.53. The number of hydrogen-bond acceptors (Lipinski definition) is 6. The van der Waals surface area contributed by atoms with Crippen LogP contribution in [-0.2, 0) is 14.3 Å². The monoisotopic (exact) mass is 262 g/mol. The molecule has 1 heterocycles. The molecule has 5 N–H and O–H groups in total. The maximum atomic E-state index is 11.0. The van der Waals surface area contributed by atoms with Gasteiger partial charge in [0.1, 0.15) is 24.4 Å². The Labute approximate surface area is 104 Å². The lowest BCUT2D eigenvalue weighted by Crippen LogP contribution is -2.67. The fourth-order valence-corrected chi connectivity index (χ4v) is 1.84. The second kappa shape index (κ2) is 6.10. The van der Waals surface area contributed by atoms with Gasteiger partial charge in [0.05, 0.1) is 6.61 Å². The average Bonchev–Trinajstić information content (AvgIpc) is 2.27. The van der Waals surface area contributed by atoms with Gasteiger partial charge in [0, 0.05) is 13.8 Å². The van der Waals surface area contributed by atoms with E-state index in [9.17, 15) is 19.8 Å². The molecule has 1 aliphatic heterocycles. The maximum absolute atomic E-state index is 11.0. The van der Waals surface area contributed by atoms with Crippen molar-refractivity contribution in [3.05, 3.63) is 0 Å². The lowest BCUT2D eigenvalue weighted by molar-refractivity contribution is -0.203. The summed E-state index contributed by atoms with van der Waals surface area (Å²) < 4.78 is 5.24. The molecule has 0 aromatic rings. The first-order valence-corrected chi connectivity index (χ1v) is 5.53. The summed E-state index contributed by atoms with van der Waals surface area (Å²) in [5.74, 6) is -0.858. The van der Waals surface area contributed by atoms with Crippen LogP contribution >= 0.6 is 0 Å². The molecule has 18 heavy (non-hydrogen) atoms. The number of rotatable bonds is 3. The van der Waals surface area contributed by atoms with Crippen LogP contribution in [0.1, 0.15) is 13.8 Å². The molecule has 5 unspecified atom stereocenters. The zero-order valence-corrected chi connectivity index (χ0v) is 10.2. The Morgan fingerprint density at radius 1 is 1.11 bits per heavy atom. The predicted molar refractivity (Wildman–Crippen MR) is 59.2 cm³/mol. The van der Waals surface area contributed by atoms with Crippen LogP contribution in [0.4, 0.5) is 0 Å². The van der Waals surface area contributed by atoms with E-state index in [0.29, 0.717) is 0 Å². The Kier molecular flexibility index (Phi) is 5.03. The lowest BCUT2D eigenvalue weighted by atomic mass is 9.96. The number of aliphatic hydroxyl groups is 3. The number of aliphatic hydroxyl groups excluding tert-OH is 3. The van der Waals surface area contributed by atoms with E-state index in [2.05, 4.69) is 10.6 Å². The molecule has 5 atom stereocenters. The third-order valence-electron chi connectivity index (χ3n) is 2.64. The topological polar surface area (TPSA) is 128 Å². The molecule has 0 radical (unpaired) electrons. The van der Waals surface area contributed by atoms with E-state index in [-0.39, 0.29) is 0 Å². The highest BCUT2D eigenvalue weighted by Gasteiger charge is 2.44. The van der Waals surface area contributed by atoms with E-state index in [0.717, 1.165) is 0 Å². The molecule has 2 amide bonds. The lowest BCUT2D eigenvalue weighted by Gasteiger charge is -2.42. The summed E-state index contributed by atoms with van der Waals surface area (Å²) in [6, 6.07) is -0.982. The zero-order chi connectivity index (χ0) is 13.9. The van der Waals surface area contributed by atoms with Gasteiger partial charge in [-0.15, -0.1) is 0 Å². The van der Waals surface area contributed by atoms with Crippen LogP contribution in [0, 0.1) is 0 Å².